The lowest BCUT2D eigenvalue weighted by atomic mass is 9.78. The first-order valence-electron chi connectivity index (χ1n) is 10.5. The molecular weight excluding hydrogens is 348 g/mol. The van der Waals surface area contributed by atoms with Crippen molar-refractivity contribution < 1.29 is 4.79 Å². The maximum absolute atomic E-state index is 12.7. The lowest BCUT2D eigenvalue weighted by Crippen LogP contribution is -2.49. The lowest BCUT2D eigenvalue weighted by Gasteiger charge is -2.44. The molecule has 3 fully saturated rings. The first-order chi connectivity index (χ1) is 12.2. The number of hydrogen-bond acceptors (Lipinski definition) is 3. The Morgan fingerprint density at radius 3 is 2.56 bits per heavy atom. The van der Waals surface area contributed by atoms with Crippen molar-refractivity contribution >= 4 is 34.2 Å². The molecule has 2 unspecified atom stereocenters. The molecule has 1 aliphatic heterocycles. The third kappa shape index (κ3) is 5.85. The van der Waals surface area contributed by atoms with Crippen LogP contribution in [-0.2, 0) is 4.79 Å². The van der Waals surface area contributed by atoms with E-state index in [1.807, 2.05) is 0 Å². The number of hydrogen-bond donors (Lipinski definition) is 1. The van der Waals surface area contributed by atoms with Crippen molar-refractivity contribution in [1.29, 1.82) is 0 Å². The largest absolute Gasteiger partial charge is 0.368 e. The van der Waals surface area contributed by atoms with Crippen LogP contribution >= 0.6 is 24.0 Å². The van der Waals surface area contributed by atoms with Crippen LogP contribution in [0, 0.1) is 5.92 Å². The minimum Gasteiger partial charge on any atom is -0.368 e. The zero-order valence-corrected chi connectivity index (χ0v) is 17.1. The molecule has 2 saturated carbocycles. The molecule has 2 aliphatic carbocycles. The Labute approximate surface area is 163 Å². The molecule has 25 heavy (non-hydrogen) atoms. The summed E-state index contributed by atoms with van der Waals surface area (Å²) in [5, 5.41) is 3.51. The van der Waals surface area contributed by atoms with Gasteiger partial charge in [0, 0.05) is 30.8 Å². The molecule has 1 N–H and O–H groups in total. The molecule has 0 aromatic carbocycles. The van der Waals surface area contributed by atoms with Gasteiger partial charge < -0.3 is 10.2 Å². The Balaban J connectivity index is 1.32. The summed E-state index contributed by atoms with van der Waals surface area (Å²) in [5.74, 6) is 2.14. The zero-order chi connectivity index (χ0) is 17.5. The first kappa shape index (κ1) is 19.5. The Morgan fingerprint density at radius 1 is 1.00 bits per heavy atom. The van der Waals surface area contributed by atoms with Crippen LogP contribution in [0.15, 0.2) is 0 Å². The van der Waals surface area contributed by atoms with E-state index in [4.69, 9.17) is 12.2 Å². The zero-order valence-electron chi connectivity index (χ0n) is 15.5. The summed E-state index contributed by atoms with van der Waals surface area (Å²) in [6.45, 7) is 0.995. The SMILES string of the molecule is O=C(CCCSC(=S)NC1CCCCC1)N1CCCC2CCCCC21. The number of carbonyl (C=O) groups is 1. The molecule has 1 saturated heterocycles. The van der Waals surface area contributed by atoms with Gasteiger partial charge in [-0.05, 0) is 50.9 Å². The third-order valence-electron chi connectivity index (χ3n) is 6.26. The van der Waals surface area contributed by atoms with Crippen molar-refractivity contribution in [3.63, 3.8) is 0 Å². The highest BCUT2D eigenvalue weighted by Gasteiger charge is 2.35. The Bertz CT molecular complexity index is 449. The van der Waals surface area contributed by atoms with Gasteiger partial charge >= 0.3 is 0 Å². The number of thioether (sulfide) groups is 1. The van der Waals surface area contributed by atoms with Gasteiger partial charge in [0.1, 0.15) is 4.32 Å². The molecule has 3 rings (SSSR count). The van der Waals surface area contributed by atoms with Crippen LogP contribution < -0.4 is 5.32 Å². The van der Waals surface area contributed by atoms with Gasteiger partial charge in [0.25, 0.3) is 0 Å². The molecule has 0 bridgehead atoms. The molecule has 1 heterocycles. The van der Waals surface area contributed by atoms with Crippen molar-refractivity contribution in [2.75, 3.05) is 12.3 Å². The minimum absolute atomic E-state index is 0.392. The van der Waals surface area contributed by atoms with Crippen LogP contribution in [0.25, 0.3) is 0 Å². The standard InChI is InChI=1S/C20H34N2OS2/c23-19(22-14-6-9-16-8-4-5-12-18(16)22)13-7-15-25-20(24)21-17-10-2-1-3-11-17/h16-18H,1-15H2,(H,21,24). The van der Waals surface area contributed by atoms with E-state index in [9.17, 15) is 4.79 Å². The molecule has 1 amide bonds. The van der Waals surface area contributed by atoms with Crippen LogP contribution in [0.2, 0.25) is 0 Å². The van der Waals surface area contributed by atoms with Gasteiger partial charge in [-0.3, -0.25) is 4.79 Å². The summed E-state index contributed by atoms with van der Waals surface area (Å²) in [7, 11) is 0. The molecule has 142 valence electrons. The molecular formula is C20H34N2OS2. The number of piperidine rings is 1. The van der Waals surface area contributed by atoms with E-state index in [0.717, 1.165) is 29.0 Å². The molecule has 3 aliphatic rings. The fraction of sp³-hybridized carbons (Fsp3) is 0.900. The molecule has 0 aromatic rings. The van der Waals surface area contributed by atoms with Crippen LogP contribution in [0.1, 0.15) is 83.5 Å². The molecule has 3 nitrogen and oxygen atoms in total. The quantitative estimate of drug-likeness (QED) is 0.542. The Kier molecular flexibility index (Phi) is 7.91. The topological polar surface area (TPSA) is 32.3 Å². The number of nitrogens with zero attached hydrogens (tertiary/aromatic N) is 1. The Morgan fingerprint density at radius 2 is 1.72 bits per heavy atom. The number of likely N-dealkylation sites (tertiary alicyclic amines) is 1. The molecule has 5 heteroatoms. The van der Waals surface area contributed by atoms with Crippen molar-refractivity contribution in [2.24, 2.45) is 5.92 Å². The summed E-state index contributed by atoms with van der Waals surface area (Å²) < 4.78 is 0.935. The van der Waals surface area contributed by atoms with Crippen LogP contribution in [-0.4, -0.2) is 39.5 Å². The van der Waals surface area contributed by atoms with Crippen molar-refractivity contribution in [1.82, 2.24) is 10.2 Å². The van der Waals surface area contributed by atoms with Crippen LogP contribution in [0.4, 0.5) is 0 Å². The van der Waals surface area contributed by atoms with Crippen LogP contribution in [0.5, 0.6) is 0 Å². The fourth-order valence-electron chi connectivity index (χ4n) is 4.92. The summed E-state index contributed by atoms with van der Waals surface area (Å²) in [6, 6.07) is 1.14. The number of carbonyl (C=O) groups excluding carboxylic acids is 1. The first-order valence-corrected chi connectivity index (χ1v) is 11.9. The van der Waals surface area contributed by atoms with E-state index >= 15 is 0 Å². The van der Waals surface area contributed by atoms with Gasteiger partial charge in [0.15, 0.2) is 0 Å². The maximum Gasteiger partial charge on any atom is 0.222 e. The number of rotatable bonds is 5. The third-order valence-corrected chi connectivity index (χ3v) is 7.60. The van der Waals surface area contributed by atoms with E-state index in [0.29, 0.717) is 24.4 Å². The summed E-state index contributed by atoms with van der Waals surface area (Å²) in [5.41, 5.74) is 0. The molecule has 0 spiro atoms. The monoisotopic (exact) mass is 382 g/mol. The summed E-state index contributed by atoms with van der Waals surface area (Å²) >= 11 is 7.20. The van der Waals surface area contributed by atoms with Gasteiger partial charge in [-0.1, -0.05) is 56.1 Å². The highest BCUT2D eigenvalue weighted by molar-refractivity contribution is 8.22. The molecule has 2 atom stereocenters. The average molecular weight is 383 g/mol. The lowest BCUT2D eigenvalue weighted by molar-refractivity contribution is -0.137. The van der Waals surface area contributed by atoms with Crippen molar-refractivity contribution in [2.45, 2.75) is 95.6 Å². The predicted molar refractivity (Wildman–Crippen MR) is 111 cm³/mol. The minimum atomic E-state index is 0.392. The molecule has 0 aromatic heterocycles. The second-order valence-corrected chi connectivity index (χ2v) is 9.83. The molecule has 0 radical (unpaired) electrons. The second-order valence-electron chi connectivity index (χ2n) is 8.06. The van der Waals surface area contributed by atoms with E-state index in [1.54, 1.807) is 11.8 Å². The van der Waals surface area contributed by atoms with E-state index < -0.39 is 0 Å². The number of thiocarbonyl (C=S) groups is 1. The summed E-state index contributed by atoms with van der Waals surface area (Å²) in [6.07, 6.45) is 16.0. The van der Waals surface area contributed by atoms with E-state index in [2.05, 4.69) is 10.2 Å². The van der Waals surface area contributed by atoms with Gasteiger partial charge in [0.2, 0.25) is 5.91 Å². The highest BCUT2D eigenvalue weighted by Crippen LogP contribution is 2.35. The van der Waals surface area contributed by atoms with Crippen molar-refractivity contribution in [3.8, 4) is 0 Å². The van der Waals surface area contributed by atoms with Crippen molar-refractivity contribution in [3.05, 3.63) is 0 Å². The number of amides is 1. The number of nitrogens with one attached hydrogen (secondary N) is 1. The fourth-order valence-corrected chi connectivity index (χ4v) is 6.06. The Hall–Kier alpha value is -0.290. The second kappa shape index (κ2) is 10.1. The summed E-state index contributed by atoms with van der Waals surface area (Å²) in [4.78, 5) is 14.9. The average Bonchev–Trinajstić information content (AvgIpc) is 2.65. The van der Waals surface area contributed by atoms with Gasteiger partial charge in [-0.15, -0.1) is 0 Å². The van der Waals surface area contributed by atoms with Gasteiger partial charge in [-0.25, -0.2) is 0 Å². The van der Waals surface area contributed by atoms with Gasteiger partial charge in [0.05, 0.1) is 0 Å². The van der Waals surface area contributed by atoms with Gasteiger partial charge in [-0.2, -0.15) is 0 Å². The predicted octanol–water partition coefficient (Wildman–Crippen LogP) is 4.89. The van der Waals surface area contributed by atoms with E-state index in [1.165, 1.54) is 70.6 Å². The number of fused-ring (bicyclic) bond motifs is 1. The maximum atomic E-state index is 12.7. The van der Waals surface area contributed by atoms with Crippen LogP contribution in [0.3, 0.4) is 0 Å². The highest BCUT2D eigenvalue weighted by atomic mass is 32.2. The van der Waals surface area contributed by atoms with E-state index in [-0.39, 0.29) is 0 Å². The smallest absolute Gasteiger partial charge is 0.222 e. The normalized spacial score (nSPS) is 27.6.